The first-order chi connectivity index (χ1) is 11.5. The van der Waals surface area contributed by atoms with Crippen molar-refractivity contribution in [3.05, 3.63) is 81.4 Å². The average Bonchev–Trinajstić information content (AvgIpc) is 2.55. The van der Waals surface area contributed by atoms with E-state index in [-0.39, 0.29) is 5.92 Å². The Bertz CT molecular complexity index is 839. The molecular formula is C19H17BrN2O2. The van der Waals surface area contributed by atoms with Crippen LogP contribution in [0.3, 0.4) is 0 Å². The monoisotopic (exact) mass is 384 g/mol. The highest BCUT2D eigenvalue weighted by Crippen LogP contribution is 2.42. The Kier molecular flexibility index (Phi) is 4.53. The molecule has 1 atom stereocenters. The predicted octanol–water partition coefficient (Wildman–Crippen LogP) is 4.32. The van der Waals surface area contributed by atoms with E-state index in [9.17, 15) is 9.90 Å². The number of aromatic nitrogens is 1. The Hall–Kier alpha value is -2.40. The van der Waals surface area contributed by atoms with Crippen LogP contribution in [0.15, 0.2) is 70.1 Å². The van der Waals surface area contributed by atoms with E-state index in [2.05, 4.69) is 26.2 Å². The Balaban J connectivity index is 2.23. The van der Waals surface area contributed by atoms with Gasteiger partial charge in [-0.1, -0.05) is 34.1 Å². The van der Waals surface area contributed by atoms with E-state index in [4.69, 9.17) is 0 Å². The number of benzene rings is 1. The van der Waals surface area contributed by atoms with Crippen molar-refractivity contribution in [1.82, 2.24) is 10.3 Å². The minimum atomic E-state index is -0.922. The maximum atomic E-state index is 11.9. The molecule has 0 fully saturated rings. The van der Waals surface area contributed by atoms with Gasteiger partial charge in [-0.05, 0) is 43.7 Å². The number of carboxylic acids is 1. The van der Waals surface area contributed by atoms with Crippen LogP contribution in [-0.2, 0) is 4.79 Å². The summed E-state index contributed by atoms with van der Waals surface area (Å²) in [6, 6.07) is 13.4. The molecule has 0 amide bonds. The number of pyridine rings is 1. The number of nitrogens with zero attached hydrogens (tertiary/aromatic N) is 1. The second kappa shape index (κ2) is 6.61. The molecule has 1 aromatic heterocycles. The zero-order chi connectivity index (χ0) is 17.3. The largest absolute Gasteiger partial charge is 0.478 e. The van der Waals surface area contributed by atoms with E-state index >= 15 is 0 Å². The molecule has 1 unspecified atom stereocenters. The second-order valence-corrected chi connectivity index (χ2v) is 6.62. The highest BCUT2D eigenvalue weighted by Gasteiger charge is 2.34. The Morgan fingerprint density at radius 1 is 1.12 bits per heavy atom. The van der Waals surface area contributed by atoms with Crippen LogP contribution in [0.2, 0.25) is 0 Å². The molecule has 2 heterocycles. The van der Waals surface area contributed by atoms with E-state index in [1.807, 2.05) is 49.4 Å². The van der Waals surface area contributed by atoms with E-state index < -0.39 is 5.97 Å². The third-order valence-corrected chi connectivity index (χ3v) is 4.66. The lowest BCUT2D eigenvalue weighted by atomic mass is 9.79. The van der Waals surface area contributed by atoms with Gasteiger partial charge >= 0.3 is 5.97 Å². The molecule has 122 valence electrons. The quantitative estimate of drug-likeness (QED) is 0.826. The minimum Gasteiger partial charge on any atom is -0.478 e. The molecule has 0 spiro atoms. The number of nitrogens with one attached hydrogen (secondary N) is 1. The smallest absolute Gasteiger partial charge is 0.334 e. The van der Waals surface area contributed by atoms with Crippen molar-refractivity contribution in [3.8, 4) is 0 Å². The summed E-state index contributed by atoms with van der Waals surface area (Å²) >= 11 is 3.43. The fraction of sp³-hybridized carbons (Fsp3) is 0.158. The number of rotatable bonds is 3. The van der Waals surface area contributed by atoms with Crippen molar-refractivity contribution in [3.63, 3.8) is 0 Å². The molecule has 24 heavy (non-hydrogen) atoms. The van der Waals surface area contributed by atoms with Gasteiger partial charge in [0, 0.05) is 33.6 Å². The Morgan fingerprint density at radius 2 is 1.83 bits per heavy atom. The summed E-state index contributed by atoms with van der Waals surface area (Å²) in [4.78, 5) is 16.4. The highest BCUT2D eigenvalue weighted by molar-refractivity contribution is 9.10. The van der Waals surface area contributed by atoms with Crippen LogP contribution in [0.25, 0.3) is 5.57 Å². The normalized spacial score (nSPS) is 17.7. The average molecular weight is 385 g/mol. The molecule has 1 aromatic carbocycles. The van der Waals surface area contributed by atoms with Gasteiger partial charge in [0.05, 0.1) is 11.3 Å². The van der Waals surface area contributed by atoms with Crippen molar-refractivity contribution in [1.29, 1.82) is 0 Å². The summed E-state index contributed by atoms with van der Waals surface area (Å²) in [5.41, 5.74) is 4.53. The zero-order valence-electron chi connectivity index (χ0n) is 13.4. The fourth-order valence-electron chi connectivity index (χ4n) is 3.13. The van der Waals surface area contributed by atoms with Crippen LogP contribution in [0.5, 0.6) is 0 Å². The van der Waals surface area contributed by atoms with Crippen LogP contribution < -0.4 is 5.32 Å². The maximum Gasteiger partial charge on any atom is 0.334 e. The second-order valence-electron chi connectivity index (χ2n) is 5.71. The third kappa shape index (κ3) is 2.99. The molecule has 2 aromatic rings. The molecule has 5 heteroatoms. The highest BCUT2D eigenvalue weighted by atomic mass is 79.9. The number of hydrogen-bond donors (Lipinski definition) is 2. The van der Waals surface area contributed by atoms with Gasteiger partial charge in [-0.15, -0.1) is 0 Å². The summed E-state index contributed by atoms with van der Waals surface area (Å²) in [5, 5.41) is 13.0. The van der Waals surface area contributed by atoms with E-state index in [1.54, 1.807) is 13.1 Å². The van der Waals surface area contributed by atoms with Crippen molar-refractivity contribution in [2.75, 3.05) is 0 Å². The van der Waals surface area contributed by atoms with Gasteiger partial charge < -0.3 is 10.4 Å². The van der Waals surface area contributed by atoms with Crippen LogP contribution in [0.4, 0.5) is 0 Å². The number of halogens is 1. The molecule has 0 saturated carbocycles. The molecule has 0 radical (unpaired) electrons. The first-order valence-electron chi connectivity index (χ1n) is 7.57. The fourth-order valence-corrected chi connectivity index (χ4v) is 3.39. The van der Waals surface area contributed by atoms with Crippen LogP contribution in [0, 0.1) is 0 Å². The van der Waals surface area contributed by atoms with Gasteiger partial charge in [-0.2, -0.15) is 0 Å². The number of allylic oxidation sites excluding steroid dienone is 3. The minimum absolute atomic E-state index is 0.351. The maximum absolute atomic E-state index is 11.9. The summed E-state index contributed by atoms with van der Waals surface area (Å²) < 4.78 is 0.956. The van der Waals surface area contributed by atoms with Gasteiger partial charge in [0.2, 0.25) is 0 Å². The van der Waals surface area contributed by atoms with Gasteiger partial charge in [0.25, 0.3) is 0 Å². The standard InChI is InChI=1S/C19H17BrN2O2/c1-11-16(15-5-3-4-10-21-15)18(13-6-8-14(20)9-7-13)17(19(23)24)12(2)22-11/h3-10,18,22H,1-2H3,(H,23,24). The van der Waals surface area contributed by atoms with Crippen LogP contribution >= 0.6 is 15.9 Å². The van der Waals surface area contributed by atoms with Crippen molar-refractivity contribution < 1.29 is 9.90 Å². The van der Waals surface area contributed by atoms with E-state index in [0.29, 0.717) is 11.3 Å². The van der Waals surface area contributed by atoms with E-state index in [0.717, 1.165) is 27.0 Å². The number of carboxylic acid groups (broad SMARTS) is 1. The topological polar surface area (TPSA) is 62.2 Å². The lowest BCUT2D eigenvalue weighted by Crippen LogP contribution is -2.27. The molecule has 3 rings (SSSR count). The predicted molar refractivity (Wildman–Crippen MR) is 97.2 cm³/mol. The molecule has 0 bridgehead atoms. The van der Waals surface area contributed by atoms with Gasteiger partial charge in [0.1, 0.15) is 0 Å². The number of carbonyl (C=O) groups is 1. The summed E-state index contributed by atoms with van der Waals surface area (Å²) in [7, 11) is 0. The number of hydrogen-bond acceptors (Lipinski definition) is 3. The first kappa shape index (κ1) is 16.5. The Morgan fingerprint density at radius 3 is 2.42 bits per heavy atom. The molecule has 2 N–H and O–H groups in total. The molecule has 1 aliphatic heterocycles. The zero-order valence-corrected chi connectivity index (χ0v) is 15.0. The van der Waals surface area contributed by atoms with Gasteiger partial charge in [-0.25, -0.2) is 4.79 Å². The molecule has 4 nitrogen and oxygen atoms in total. The van der Waals surface area contributed by atoms with Crippen molar-refractivity contribution in [2.24, 2.45) is 0 Å². The van der Waals surface area contributed by atoms with Gasteiger partial charge in [0.15, 0.2) is 0 Å². The van der Waals surface area contributed by atoms with Gasteiger partial charge in [-0.3, -0.25) is 4.98 Å². The van der Waals surface area contributed by atoms with Crippen LogP contribution in [0.1, 0.15) is 31.0 Å². The molecule has 0 saturated heterocycles. The van der Waals surface area contributed by atoms with Crippen molar-refractivity contribution in [2.45, 2.75) is 19.8 Å². The number of aliphatic carboxylic acids is 1. The SMILES string of the molecule is CC1=C(C(=O)O)C(c2ccc(Br)cc2)C(c2ccccn2)=C(C)N1. The third-order valence-electron chi connectivity index (χ3n) is 4.13. The molecule has 1 aliphatic rings. The van der Waals surface area contributed by atoms with Crippen LogP contribution in [-0.4, -0.2) is 16.1 Å². The van der Waals surface area contributed by atoms with E-state index in [1.165, 1.54) is 0 Å². The lowest BCUT2D eigenvalue weighted by Gasteiger charge is -2.30. The summed E-state index contributed by atoms with van der Waals surface area (Å²) in [5.74, 6) is -1.29. The lowest BCUT2D eigenvalue weighted by molar-refractivity contribution is -0.132. The number of dihydropyridines is 1. The first-order valence-corrected chi connectivity index (χ1v) is 8.37. The van der Waals surface area contributed by atoms with Crippen molar-refractivity contribution >= 4 is 27.5 Å². The molecule has 0 aliphatic carbocycles. The summed E-state index contributed by atoms with van der Waals surface area (Å²) in [6.45, 7) is 3.76. The molecular weight excluding hydrogens is 368 g/mol. The Labute approximate surface area is 149 Å². The summed E-state index contributed by atoms with van der Waals surface area (Å²) in [6.07, 6.45) is 1.72.